The number of nitro groups is 1. The van der Waals surface area contributed by atoms with Crippen molar-refractivity contribution in [2.24, 2.45) is 0 Å². The molecule has 0 radical (unpaired) electrons. The summed E-state index contributed by atoms with van der Waals surface area (Å²) in [5.74, 6) is -0.642. The number of sulfonamides is 1. The summed E-state index contributed by atoms with van der Waals surface area (Å²) in [5.41, 5.74) is 0.169. The lowest BCUT2D eigenvalue weighted by molar-refractivity contribution is -0.384. The molecule has 0 spiro atoms. The van der Waals surface area contributed by atoms with Gasteiger partial charge in [0, 0.05) is 23.5 Å². The number of carbonyl (C=O) groups is 1. The van der Waals surface area contributed by atoms with Crippen LogP contribution in [0.2, 0.25) is 5.02 Å². The molecule has 0 saturated carbocycles. The Labute approximate surface area is 171 Å². The third-order valence-electron chi connectivity index (χ3n) is 3.83. The summed E-state index contributed by atoms with van der Waals surface area (Å²) in [4.78, 5) is 22.9. The lowest BCUT2D eigenvalue weighted by Gasteiger charge is -2.11. The summed E-state index contributed by atoms with van der Waals surface area (Å²) in [6.07, 6.45) is 0. The summed E-state index contributed by atoms with van der Waals surface area (Å²) < 4.78 is 27.3. The van der Waals surface area contributed by atoms with E-state index in [1.807, 2.05) is 0 Å². The van der Waals surface area contributed by atoms with Gasteiger partial charge >= 0.3 is 0 Å². The van der Waals surface area contributed by atoms with Gasteiger partial charge in [0.25, 0.3) is 21.6 Å². The number of hydrogen-bond acceptors (Lipinski definition) is 5. The Balaban J connectivity index is 1.84. The number of benzene rings is 3. The first-order valence-electron chi connectivity index (χ1n) is 8.19. The SMILES string of the molecule is O=C(Nc1cccc([N+](=O)[O-])c1)c1cc(NS(=O)(=O)c2ccccc2)ccc1Cl. The molecule has 3 rings (SSSR count). The van der Waals surface area contributed by atoms with Gasteiger partial charge in [-0.2, -0.15) is 0 Å². The fourth-order valence-electron chi connectivity index (χ4n) is 2.47. The topological polar surface area (TPSA) is 118 Å². The van der Waals surface area contributed by atoms with Crippen molar-refractivity contribution in [3.05, 3.63) is 93.5 Å². The van der Waals surface area contributed by atoms with Crippen LogP contribution >= 0.6 is 11.6 Å². The van der Waals surface area contributed by atoms with Gasteiger partial charge in [0.15, 0.2) is 0 Å². The number of nitrogens with one attached hydrogen (secondary N) is 2. The van der Waals surface area contributed by atoms with E-state index in [0.29, 0.717) is 0 Å². The maximum Gasteiger partial charge on any atom is 0.271 e. The average molecular weight is 432 g/mol. The van der Waals surface area contributed by atoms with E-state index in [0.717, 1.165) is 0 Å². The number of anilines is 2. The van der Waals surface area contributed by atoms with Crippen LogP contribution in [0.15, 0.2) is 77.7 Å². The summed E-state index contributed by atoms with van der Waals surface area (Å²) in [6, 6.07) is 17.3. The molecule has 0 bridgehead atoms. The molecule has 10 heteroatoms. The molecule has 8 nitrogen and oxygen atoms in total. The molecule has 0 aliphatic carbocycles. The molecule has 0 aromatic heterocycles. The highest BCUT2D eigenvalue weighted by Crippen LogP contribution is 2.25. The van der Waals surface area contributed by atoms with Crippen molar-refractivity contribution in [3.8, 4) is 0 Å². The Morgan fingerprint density at radius 1 is 0.931 bits per heavy atom. The second-order valence-corrected chi connectivity index (χ2v) is 7.96. The Hall–Kier alpha value is -3.43. The molecule has 0 aliphatic heterocycles. The van der Waals surface area contributed by atoms with Crippen molar-refractivity contribution in [1.29, 1.82) is 0 Å². The summed E-state index contributed by atoms with van der Waals surface area (Å²) in [6.45, 7) is 0. The van der Waals surface area contributed by atoms with Crippen molar-refractivity contribution in [3.63, 3.8) is 0 Å². The van der Waals surface area contributed by atoms with Gasteiger partial charge in [0.05, 0.1) is 20.4 Å². The highest BCUT2D eigenvalue weighted by molar-refractivity contribution is 7.92. The Bertz CT molecular complexity index is 1180. The van der Waals surface area contributed by atoms with Crippen LogP contribution in [0, 0.1) is 10.1 Å². The molecule has 0 atom stereocenters. The first-order valence-corrected chi connectivity index (χ1v) is 10.1. The van der Waals surface area contributed by atoms with Crippen LogP contribution in [0.4, 0.5) is 17.1 Å². The normalized spacial score (nSPS) is 10.9. The zero-order valence-corrected chi connectivity index (χ0v) is 16.3. The molecule has 3 aromatic rings. The smallest absolute Gasteiger partial charge is 0.271 e. The molecule has 29 heavy (non-hydrogen) atoms. The third kappa shape index (κ3) is 4.89. The number of hydrogen-bond donors (Lipinski definition) is 2. The van der Waals surface area contributed by atoms with E-state index in [2.05, 4.69) is 10.0 Å². The number of amides is 1. The monoisotopic (exact) mass is 431 g/mol. The molecular formula is C19H14ClN3O5S. The number of nitrogens with zero attached hydrogens (tertiary/aromatic N) is 1. The molecular weight excluding hydrogens is 418 g/mol. The largest absolute Gasteiger partial charge is 0.322 e. The second kappa shape index (κ2) is 8.29. The van der Waals surface area contributed by atoms with Crippen LogP contribution in [0.1, 0.15) is 10.4 Å². The zero-order valence-electron chi connectivity index (χ0n) is 14.7. The summed E-state index contributed by atoms with van der Waals surface area (Å²) in [7, 11) is -3.84. The number of carbonyl (C=O) groups excluding carboxylic acids is 1. The third-order valence-corrected chi connectivity index (χ3v) is 5.56. The van der Waals surface area contributed by atoms with Crippen molar-refractivity contribution in [2.45, 2.75) is 4.90 Å². The van der Waals surface area contributed by atoms with E-state index in [1.165, 1.54) is 54.6 Å². The number of rotatable bonds is 6. The van der Waals surface area contributed by atoms with Gasteiger partial charge < -0.3 is 5.32 Å². The van der Waals surface area contributed by atoms with Gasteiger partial charge in [-0.3, -0.25) is 19.6 Å². The molecule has 1 amide bonds. The van der Waals surface area contributed by atoms with E-state index in [1.54, 1.807) is 18.2 Å². The molecule has 148 valence electrons. The minimum absolute atomic E-state index is 0.00596. The predicted molar refractivity (Wildman–Crippen MR) is 110 cm³/mol. The quantitative estimate of drug-likeness (QED) is 0.445. The van der Waals surface area contributed by atoms with Gasteiger partial charge in [0.1, 0.15) is 0 Å². The van der Waals surface area contributed by atoms with Crippen LogP contribution in [-0.4, -0.2) is 19.2 Å². The molecule has 2 N–H and O–H groups in total. The van der Waals surface area contributed by atoms with Crippen molar-refractivity contribution >= 4 is 44.6 Å². The Morgan fingerprint density at radius 3 is 2.34 bits per heavy atom. The van der Waals surface area contributed by atoms with E-state index >= 15 is 0 Å². The molecule has 0 heterocycles. The Morgan fingerprint density at radius 2 is 1.66 bits per heavy atom. The number of halogens is 1. The minimum Gasteiger partial charge on any atom is -0.322 e. The lowest BCUT2D eigenvalue weighted by atomic mass is 10.2. The van der Waals surface area contributed by atoms with E-state index in [4.69, 9.17) is 11.6 Å². The summed E-state index contributed by atoms with van der Waals surface area (Å²) in [5, 5.41) is 13.5. The standard InChI is InChI=1S/C19H14ClN3O5S/c20-18-10-9-14(22-29(27,28)16-7-2-1-3-8-16)12-17(18)19(24)21-13-5-4-6-15(11-13)23(25)26/h1-12,22H,(H,21,24). The zero-order chi connectivity index (χ0) is 21.0. The fraction of sp³-hybridized carbons (Fsp3) is 0. The van der Waals surface area contributed by atoms with E-state index in [-0.39, 0.29) is 32.5 Å². The maximum atomic E-state index is 12.6. The van der Waals surface area contributed by atoms with Gasteiger partial charge in [-0.25, -0.2) is 8.42 Å². The fourth-order valence-corrected chi connectivity index (χ4v) is 3.75. The first kappa shape index (κ1) is 20.3. The van der Waals surface area contributed by atoms with Crippen LogP contribution in [0.3, 0.4) is 0 Å². The molecule has 3 aromatic carbocycles. The van der Waals surface area contributed by atoms with E-state index in [9.17, 15) is 23.3 Å². The van der Waals surface area contributed by atoms with Gasteiger partial charge in [-0.1, -0.05) is 35.9 Å². The maximum absolute atomic E-state index is 12.6. The molecule has 0 fully saturated rings. The predicted octanol–water partition coefficient (Wildman–Crippen LogP) is 4.30. The van der Waals surface area contributed by atoms with Crippen LogP contribution in [0.5, 0.6) is 0 Å². The lowest BCUT2D eigenvalue weighted by Crippen LogP contribution is -2.15. The van der Waals surface area contributed by atoms with Crippen LogP contribution in [-0.2, 0) is 10.0 Å². The van der Waals surface area contributed by atoms with Crippen LogP contribution in [0.25, 0.3) is 0 Å². The average Bonchev–Trinajstić information content (AvgIpc) is 2.70. The van der Waals surface area contributed by atoms with Gasteiger partial charge in [-0.15, -0.1) is 0 Å². The highest BCUT2D eigenvalue weighted by atomic mass is 35.5. The number of nitro benzene ring substituents is 1. The number of non-ortho nitro benzene ring substituents is 1. The van der Waals surface area contributed by atoms with Crippen molar-refractivity contribution in [2.75, 3.05) is 10.0 Å². The molecule has 0 unspecified atom stereocenters. The molecule has 0 saturated heterocycles. The van der Waals surface area contributed by atoms with Crippen molar-refractivity contribution < 1.29 is 18.1 Å². The van der Waals surface area contributed by atoms with Crippen LogP contribution < -0.4 is 10.0 Å². The van der Waals surface area contributed by atoms with E-state index < -0.39 is 20.9 Å². The second-order valence-electron chi connectivity index (χ2n) is 5.87. The first-order chi connectivity index (χ1) is 13.8. The minimum atomic E-state index is -3.84. The molecule has 0 aliphatic rings. The highest BCUT2D eigenvalue weighted by Gasteiger charge is 2.17. The van der Waals surface area contributed by atoms with Gasteiger partial charge in [0.2, 0.25) is 0 Å². The van der Waals surface area contributed by atoms with Gasteiger partial charge in [-0.05, 0) is 36.4 Å². The summed E-state index contributed by atoms with van der Waals surface area (Å²) >= 11 is 6.08. The van der Waals surface area contributed by atoms with Crippen molar-refractivity contribution in [1.82, 2.24) is 0 Å². The Kier molecular flexibility index (Phi) is 5.81.